The van der Waals surface area contributed by atoms with Crippen molar-refractivity contribution in [1.82, 2.24) is 20.4 Å². The van der Waals surface area contributed by atoms with Gasteiger partial charge in [-0.25, -0.2) is 4.98 Å². The van der Waals surface area contributed by atoms with Gasteiger partial charge in [0.15, 0.2) is 5.65 Å². The summed E-state index contributed by atoms with van der Waals surface area (Å²) in [5.74, 6) is 0. The second kappa shape index (κ2) is 7.08. The van der Waals surface area contributed by atoms with Gasteiger partial charge in [0, 0.05) is 32.1 Å². The van der Waals surface area contributed by atoms with E-state index >= 15 is 0 Å². The minimum Gasteiger partial charge on any atom is -0.234 e. The van der Waals surface area contributed by atoms with Crippen molar-refractivity contribution >= 4 is 76.8 Å². The number of pyridine rings is 1. The zero-order valence-corrected chi connectivity index (χ0v) is 19.3. The summed E-state index contributed by atoms with van der Waals surface area (Å²) in [6, 6.07) is 32.6. The third kappa shape index (κ3) is 2.76. The summed E-state index contributed by atoms with van der Waals surface area (Å²) < 4.78 is 0. The second-order valence-corrected chi connectivity index (χ2v) is 9.94. The summed E-state index contributed by atoms with van der Waals surface area (Å²) >= 11 is 1.74. The van der Waals surface area contributed by atoms with Gasteiger partial charge in [-0.05, 0) is 61.8 Å². The first-order valence-corrected chi connectivity index (χ1v) is 12.3. The Morgan fingerprint density at radius 3 is 2.23 bits per heavy atom. The average Bonchev–Trinajstić information content (AvgIpc) is 2.91. The molecule has 0 aliphatic carbocycles. The fourth-order valence-electron chi connectivity index (χ4n) is 5.30. The molecular formula is C30H16N4S. The Balaban J connectivity index is 1.43. The number of aromatic nitrogens is 4. The minimum atomic E-state index is 0.635. The van der Waals surface area contributed by atoms with Gasteiger partial charge in [-0.15, -0.1) is 10.2 Å². The topological polar surface area (TPSA) is 51.6 Å². The first-order valence-electron chi connectivity index (χ1n) is 11.5. The molecule has 0 fully saturated rings. The normalized spacial score (nSPS) is 12.1. The molecule has 0 aliphatic rings. The van der Waals surface area contributed by atoms with Crippen LogP contribution in [0.25, 0.3) is 65.0 Å². The number of fused-ring (bicyclic) bond motifs is 4. The van der Waals surface area contributed by atoms with E-state index in [1.54, 1.807) is 11.8 Å². The van der Waals surface area contributed by atoms with Crippen molar-refractivity contribution in [3.05, 3.63) is 97.2 Å². The summed E-state index contributed by atoms with van der Waals surface area (Å²) in [5, 5.41) is 24.6. The Bertz CT molecular complexity index is 2100. The van der Waals surface area contributed by atoms with Crippen molar-refractivity contribution in [1.29, 1.82) is 0 Å². The highest BCUT2D eigenvalue weighted by atomic mass is 32.2. The number of benzene rings is 6. The van der Waals surface area contributed by atoms with Crippen LogP contribution in [0.1, 0.15) is 0 Å². The molecule has 162 valence electrons. The highest BCUT2D eigenvalue weighted by Crippen LogP contribution is 2.43. The smallest absolute Gasteiger partial charge is 0.186 e. The summed E-state index contributed by atoms with van der Waals surface area (Å²) in [5.41, 5.74) is 1.48. The molecule has 0 spiro atoms. The van der Waals surface area contributed by atoms with Crippen molar-refractivity contribution in [2.45, 2.75) is 9.79 Å². The van der Waals surface area contributed by atoms with E-state index < -0.39 is 0 Å². The van der Waals surface area contributed by atoms with Gasteiger partial charge in [0.2, 0.25) is 0 Å². The van der Waals surface area contributed by atoms with E-state index in [0.717, 1.165) is 32.0 Å². The predicted molar refractivity (Wildman–Crippen MR) is 144 cm³/mol. The molecular weight excluding hydrogens is 448 g/mol. The van der Waals surface area contributed by atoms with Gasteiger partial charge in [0.05, 0.1) is 5.39 Å². The van der Waals surface area contributed by atoms with Crippen LogP contribution in [0.3, 0.4) is 0 Å². The van der Waals surface area contributed by atoms with E-state index in [2.05, 4.69) is 111 Å². The molecule has 0 saturated carbocycles. The highest BCUT2D eigenvalue weighted by molar-refractivity contribution is 7.99. The monoisotopic (exact) mass is 464 g/mol. The van der Waals surface area contributed by atoms with Crippen LogP contribution in [-0.4, -0.2) is 20.4 Å². The summed E-state index contributed by atoms with van der Waals surface area (Å²) in [7, 11) is 0. The molecule has 0 saturated heterocycles. The number of hydrogen-bond donors (Lipinski definition) is 0. The van der Waals surface area contributed by atoms with Gasteiger partial charge in [-0.3, -0.25) is 0 Å². The Kier molecular flexibility index (Phi) is 3.84. The van der Waals surface area contributed by atoms with Crippen molar-refractivity contribution in [3.8, 4) is 0 Å². The number of rotatable bonds is 2. The lowest BCUT2D eigenvalue weighted by Gasteiger charge is -2.14. The highest BCUT2D eigenvalue weighted by Gasteiger charge is 2.17. The first kappa shape index (κ1) is 19.0. The second-order valence-electron chi connectivity index (χ2n) is 8.86. The zero-order valence-electron chi connectivity index (χ0n) is 18.4. The molecule has 0 aliphatic heterocycles. The quantitative estimate of drug-likeness (QED) is 0.193. The lowest BCUT2D eigenvalue weighted by Crippen LogP contribution is -1.96. The van der Waals surface area contributed by atoms with E-state index in [0.29, 0.717) is 5.65 Å². The van der Waals surface area contributed by atoms with Gasteiger partial charge in [0.1, 0.15) is 5.52 Å². The Morgan fingerprint density at radius 2 is 1.29 bits per heavy atom. The van der Waals surface area contributed by atoms with Crippen molar-refractivity contribution in [3.63, 3.8) is 0 Å². The van der Waals surface area contributed by atoms with Crippen LogP contribution in [0.2, 0.25) is 0 Å². The Hall–Kier alpha value is -4.35. The maximum Gasteiger partial charge on any atom is 0.186 e. The fraction of sp³-hybridized carbons (Fsp3) is 0. The molecule has 2 heterocycles. The molecule has 0 unspecified atom stereocenters. The number of hydrogen-bond acceptors (Lipinski definition) is 5. The summed E-state index contributed by atoms with van der Waals surface area (Å²) in [4.78, 5) is 6.81. The third-order valence-corrected chi connectivity index (χ3v) is 7.97. The van der Waals surface area contributed by atoms with Crippen LogP contribution >= 0.6 is 11.8 Å². The van der Waals surface area contributed by atoms with Gasteiger partial charge in [-0.1, -0.05) is 78.5 Å². The lowest BCUT2D eigenvalue weighted by molar-refractivity contribution is 0.902. The van der Waals surface area contributed by atoms with Gasteiger partial charge < -0.3 is 0 Å². The van der Waals surface area contributed by atoms with E-state index in [1.165, 1.54) is 37.2 Å². The molecule has 2 aromatic heterocycles. The van der Waals surface area contributed by atoms with E-state index in [4.69, 9.17) is 0 Å². The van der Waals surface area contributed by atoms with E-state index in [1.807, 2.05) is 6.20 Å². The molecule has 5 heteroatoms. The average molecular weight is 465 g/mol. The molecule has 0 amide bonds. The van der Waals surface area contributed by atoms with Gasteiger partial charge >= 0.3 is 0 Å². The fourth-order valence-corrected chi connectivity index (χ4v) is 6.44. The van der Waals surface area contributed by atoms with Crippen LogP contribution in [0, 0.1) is 0 Å². The first-order chi connectivity index (χ1) is 17.3. The van der Waals surface area contributed by atoms with Crippen LogP contribution in [0.5, 0.6) is 0 Å². The van der Waals surface area contributed by atoms with Gasteiger partial charge in [0.25, 0.3) is 0 Å². The molecule has 0 atom stereocenters. The van der Waals surface area contributed by atoms with Crippen molar-refractivity contribution in [2.24, 2.45) is 0 Å². The molecule has 8 rings (SSSR count). The van der Waals surface area contributed by atoms with Crippen molar-refractivity contribution < 1.29 is 0 Å². The van der Waals surface area contributed by atoms with Crippen LogP contribution < -0.4 is 0 Å². The molecule has 0 bridgehead atoms. The van der Waals surface area contributed by atoms with Crippen LogP contribution in [0.15, 0.2) is 107 Å². The number of nitrogens with zero attached hydrogens (tertiary/aromatic N) is 4. The van der Waals surface area contributed by atoms with Crippen molar-refractivity contribution in [2.75, 3.05) is 0 Å². The largest absolute Gasteiger partial charge is 0.234 e. The Morgan fingerprint density at radius 1 is 0.514 bits per heavy atom. The maximum absolute atomic E-state index is 4.56. The van der Waals surface area contributed by atoms with Crippen LogP contribution in [0.4, 0.5) is 0 Å². The molecule has 0 radical (unpaired) electrons. The van der Waals surface area contributed by atoms with E-state index in [9.17, 15) is 0 Å². The predicted octanol–water partition coefficient (Wildman–Crippen LogP) is 7.77. The molecule has 0 N–H and O–H groups in total. The third-order valence-electron chi connectivity index (χ3n) is 6.88. The van der Waals surface area contributed by atoms with Gasteiger partial charge in [-0.2, -0.15) is 0 Å². The molecule has 6 aromatic carbocycles. The zero-order chi connectivity index (χ0) is 22.9. The standard InChI is InChI=1S/C30H16N4S/c1-2-6-19-14-23-20(13-18(19)5-1)12-11-17-7-4-10-24(27(17)23)35-25-15-21-8-3-9-22-16-31-30-28(26(21)22)29(25)32-34-33-30/h1-16H. The molecule has 35 heavy (non-hydrogen) atoms. The SMILES string of the molecule is c1ccc2cc3c(ccc4cccc(Sc5cc6cccc7cnc8nnnc5c8c76)c43)cc2c1. The molecule has 8 aromatic rings. The summed E-state index contributed by atoms with van der Waals surface area (Å²) in [6.07, 6.45) is 1.87. The van der Waals surface area contributed by atoms with E-state index in [-0.39, 0.29) is 0 Å². The minimum absolute atomic E-state index is 0.635. The van der Waals surface area contributed by atoms with Crippen LogP contribution in [-0.2, 0) is 0 Å². The summed E-state index contributed by atoms with van der Waals surface area (Å²) in [6.45, 7) is 0. The molecule has 4 nitrogen and oxygen atoms in total. The Labute approximate surface area is 203 Å². The maximum atomic E-state index is 4.56. The lowest BCUT2D eigenvalue weighted by atomic mass is 9.98.